The number of hydrogen-bond acceptors (Lipinski definition) is 9. The van der Waals surface area contributed by atoms with Gasteiger partial charge >= 0.3 is 0 Å². The summed E-state index contributed by atoms with van der Waals surface area (Å²) in [7, 11) is 1.40. The molecule has 0 aliphatic carbocycles. The average molecular weight is 455 g/mol. The van der Waals surface area contributed by atoms with Crippen molar-refractivity contribution in [1.29, 1.82) is 0 Å². The monoisotopic (exact) mass is 455 g/mol. The van der Waals surface area contributed by atoms with Crippen molar-refractivity contribution in [3.63, 3.8) is 0 Å². The fourth-order valence-electron chi connectivity index (χ4n) is 4.25. The third-order valence-electron chi connectivity index (χ3n) is 5.73. The van der Waals surface area contributed by atoms with Gasteiger partial charge in [-0.25, -0.2) is 24.0 Å². The molecule has 1 aliphatic heterocycles. The van der Waals surface area contributed by atoms with E-state index < -0.39 is 11.4 Å². The summed E-state index contributed by atoms with van der Waals surface area (Å²) >= 11 is 0. The number of halogens is 1. The second kappa shape index (κ2) is 7.80. The summed E-state index contributed by atoms with van der Waals surface area (Å²) in [6.07, 6.45) is 3.44. The van der Waals surface area contributed by atoms with E-state index in [1.165, 1.54) is 23.8 Å². The van der Waals surface area contributed by atoms with E-state index in [-0.39, 0.29) is 17.6 Å². The van der Waals surface area contributed by atoms with Crippen molar-refractivity contribution in [2.24, 2.45) is 0 Å². The number of aliphatic hydroxyl groups is 1. The number of nitrogens with zero attached hydrogens (tertiary/aromatic N) is 8. The van der Waals surface area contributed by atoms with Crippen LogP contribution in [-0.2, 0) is 6.54 Å². The van der Waals surface area contributed by atoms with Crippen molar-refractivity contribution < 1.29 is 14.2 Å². The Bertz CT molecular complexity index is 1330. The summed E-state index contributed by atoms with van der Waals surface area (Å²) in [6.45, 7) is 5.26. The van der Waals surface area contributed by atoms with Crippen molar-refractivity contribution >= 4 is 28.4 Å². The van der Waals surface area contributed by atoms with Crippen LogP contribution in [0.4, 0.5) is 16.3 Å². The molecule has 4 heterocycles. The van der Waals surface area contributed by atoms with E-state index in [0.717, 1.165) is 19.4 Å². The minimum absolute atomic E-state index is 0.0254. The zero-order valence-electron chi connectivity index (χ0n) is 18.7. The molecule has 1 aliphatic rings. The Hall–Kier alpha value is -3.54. The van der Waals surface area contributed by atoms with Gasteiger partial charge in [-0.15, -0.1) is 10.2 Å². The number of nitrogens with two attached hydrogens (primary N) is 1. The molecule has 0 spiro atoms. The van der Waals surface area contributed by atoms with Gasteiger partial charge in [0.1, 0.15) is 6.33 Å². The topological polar surface area (TPSA) is 133 Å². The van der Waals surface area contributed by atoms with E-state index in [1.54, 1.807) is 24.9 Å². The van der Waals surface area contributed by atoms with Gasteiger partial charge in [-0.05, 0) is 32.8 Å². The highest BCUT2D eigenvalue weighted by Gasteiger charge is 2.28. The Balaban J connectivity index is 1.46. The molecule has 1 atom stereocenters. The number of methoxy groups -OCH3 is 1. The van der Waals surface area contributed by atoms with Gasteiger partial charge in [0.05, 0.1) is 24.8 Å². The number of hydrogen-bond donors (Lipinski definition) is 2. The summed E-state index contributed by atoms with van der Waals surface area (Å²) in [5.41, 5.74) is 6.20. The molecule has 1 fully saturated rings. The van der Waals surface area contributed by atoms with Crippen LogP contribution in [0.15, 0.2) is 18.5 Å². The molecule has 3 aromatic heterocycles. The van der Waals surface area contributed by atoms with E-state index >= 15 is 0 Å². The second-order valence-electron chi connectivity index (χ2n) is 9.02. The number of anilines is 2. The highest BCUT2D eigenvalue weighted by atomic mass is 19.1. The van der Waals surface area contributed by atoms with Crippen LogP contribution in [0.3, 0.4) is 0 Å². The zero-order chi connectivity index (χ0) is 23.3. The van der Waals surface area contributed by atoms with Crippen LogP contribution < -0.4 is 15.4 Å². The fraction of sp³-hybridized carbons (Fsp3) is 0.476. The molecular formula is C21H26FN9O2. The zero-order valence-corrected chi connectivity index (χ0v) is 18.7. The van der Waals surface area contributed by atoms with Crippen LogP contribution in [0.5, 0.6) is 5.75 Å². The van der Waals surface area contributed by atoms with Gasteiger partial charge in [0.15, 0.2) is 23.0 Å². The maximum atomic E-state index is 14.4. The molecular weight excluding hydrogens is 429 g/mol. The van der Waals surface area contributed by atoms with Gasteiger partial charge < -0.3 is 20.5 Å². The summed E-state index contributed by atoms with van der Waals surface area (Å²) in [6, 6.07) is 2.86. The number of ether oxygens (including phenoxy) is 1. The van der Waals surface area contributed by atoms with Crippen molar-refractivity contribution in [2.75, 3.05) is 30.8 Å². The van der Waals surface area contributed by atoms with Crippen LogP contribution in [0.1, 0.15) is 38.4 Å². The number of rotatable bonds is 5. The molecule has 0 amide bonds. The molecule has 1 saturated heterocycles. The SMILES string of the molecule is COc1cc2nc(N)n3nc([C@@H]4CCCN(c5ncn(CC(C)(C)O)n5)C4)nc3c2cc1F. The van der Waals surface area contributed by atoms with E-state index in [1.807, 2.05) is 0 Å². The lowest BCUT2D eigenvalue weighted by Crippen LogP contribution is -2.35. The quantitative estimate of drug-likeness (QED) is 0.462. The van der Waals surface area contributed by atoms with E-state index in [4.69, 9.17) is 15.5 Å². The molecule has 12 heteroatoms. The number of fused-ring (bicyclic) bond motifs is 3. The smallest absolute Gasteiger partial charge is 0.244 e. The number of aromatic nitrogens is 7. The summed E-state index contributed by atoms with van der Waals surface area (Å²) < 4.78 is 22.5. The number of nitrogen functional groups attached to an aromatic ring is 1. The molecule has 0 unspecified atom stereocenters. The molecule has 1 aromatic carbocycles. The minimum Gasteiger partial charge on any atom is -0.494 e. The van der Waals surface area contributed by atoms with Crippen molar-refractivity contribution in [3.8, 4) is 5.75 Å². The first-order chi connectivity index (χ1) is 15.7. The van der Waals surface area contributed by atoms with Crippen LogP contribution in [-0.4, -0.2) is 65.3 Å². The highest BCUT2D eigenvalue weighted by molar-refractivity contribution is 5.93. The predicted octanol–water partition coefficient (Wildman–Crippen LogP) is 1.75. The van der Waals surface area contributed by atoms with Gasteiger partial charge in [0.25, 0.3) is 0 Å². The minimum atomic E-state index is -0.879. The van der Waals surface area contributed by atoms with Crippen molar-refractivity contribution in [1.82, 2.24) is 34.3 Å². The predicted molar refractivity (Wildman–Crippen MR) is 120 cm³/mol. The van der Waals surface area contributed by atoms with Gasteiger partial charge in [-0.2, -0.15) is 4.52 Å². The maximum Gasteiger partial charge on any atom is 0.244 e. The molecule has 0 saturated carbocycles. The largest absolute Gasteiger partial charge is 0.494 e. The lowest BCUT2D eigenvalue weighted by Gasteiger charge is -2.30. The molecule has 11 nitrogen and oxygen atoms in total. The lowest BCUT2D eigenvalue weighted by molar-refractivity contribution is 0.0577. The van der Waals surface area contributed by atoms with Gasteiger partial charge in [-0.1, -0.05) is 0 Å². The standard InChI is InChI=1S/C21H26FN9O2/c1-21(2,32)10-30-11-24-20(28-30)29-6-4-5-12(9-29)17-26-18-13-7-14(22)16(33-3)8-15(13)25-19(23)31(18)27-17/h7-8,11-12,32H,4-6,9-10H2,1-3H3,(H2,23,25)/t12-/m1/s1. The van der Waals surface area contributed by atoms with Gasteiger partial charge in [-0.3, -0.25) is 0 Å². The number of piperidine rings is 1. The third kappa shape index (κ3) is 4.01. The highest BCUT2D eigenvalue weighted by Crippen LogP contribution is 2.31. The number of benzene rings is 1. The Kier molecular flexibility index (Phi) is 5.04. The molecule has 33 heavy (non-hydrogen) atoms. The van der Waals surface area contributed by atoms with Gasteiger partial charge in [0, 0.05) is 30.5 Å². The summed E-state index contributed by atoms with van der Waals surface area (Å²) in [5.74, 6) is 1.01. The van der Waals surface area contributed by atoms with E-state index in [0.29, 0.717) is 41.4 Å². The van der Waals surface area contributed by atoms with Gasteiger partial charge in [0.2, 0.25) is 11.9 Å². The molecule has 174 valence electrons. The van der Waals surface area contributed by atoms with Crippen LogP contribution >= 0.6 is 0 Å². The molecule has 3 N–H and O–H groups in total. The van der Waals surface area contributed by atoms with E-state index in [2.05, 4.69) is 25.1 Å². The molecule has 0 radical (unpaired) electrons. The first-order valence-electron chi connectivity index (χ1n) is 10.8. The molecule has 0 bridgehead atoms. The second-order valence-corrected chi connectivity index (χ2v) is 9.02. The van der Waals surface area contributed by atoms with E-state index in [9.17, 15) is 9.50 Å². The lowest BCUT2D eigenvalue weighted by atomic mass is 9.98. The summed E-state index contributed by atoms with van der Waals surface area (Å²) in [4.78, 5) is 15.6. The van der Waals surface area contributed by atoms with Crippen molar-refractivity contribution in [3.05, 3.63) is 30.1 Å². The Morgan fingerprint density at radius 1 is 1.27 bits per heavy atom. The first-order valence-corrected chi connectivity index (χ1v) is 10.8. The Morgan fingerprint density at radius 2 is 2.09 bits per heavy atom. The van der Waals surface area contributed by atoms with Crippen LogP contribution in [0, 0.1) is 5.82 Å². The first kappa shape index (κ1) is 21.3. The molecule has 5 rings (SSSR count). The Morgan fingerprint density at radius 3 is 2.85 bits per heavy atom. The van der Waals surface area contributed by atoms with Crippen molar-refractivity contribution in [2.45, 2.75) is 44.8 Å². The summed E-state index contributed by atoms with van der Waals surface area (Å²) in [5, 5.41) is 19.7. The van der Waals surface area contributed by atoms with Crippen LogP contribution in [0.25, 0.3) is 16.6 Å². The normalized spacial score (nSPS) is 17.2. The third-order valence-corrected chi connectivity index (χ3v) is 5.73. The van der Waals surface area contributed by atoms with Crippen LogP contribution in [0.2, 0.25) is 0 Å². The maximum absolute atomic E-state index is 14.4. The fourth-order valence-corrected chi connectivity index (χ4v) is 4.25. The Labute approximate surface area is 189 Å². The molecule has 4 aromatic rings. The average Bonchev–Trinajstić information content (AvgIpc) is 3.41.